The Morgan fingerprint density at radius 2 is 2.10 bits per heavy atom. The number of hydrogen-bond acceptors (Lipinski definition) is 3. The molecule has 3 nitrogen and oxygen atoms in total. The SMILES string of the molecule is C[C@]12CC[C@@H]3c4ccc(O)cc4CC[C@@H]3[C@H]1CC(=O)[C@@H]2O. The molecule has 21 heavy (non-hydrogen) atoms. The Balaban J connectivity index is 1.73. The summed E-state index contributed by atoms with van der Waals surface area (Å²) >= 11 is 0. The summed E-state index contributed by atoms with van der Waals surface area (Å²) in [7, 11) is 0. The van der Waals surface area contributed by atoms with Gasteiger partial charge >= 0.3 is 0 Å². The maximum absolute atomic E-state index is 12.0. The molecule has 112 valence electrons. The maximum atomic E-state index is 12.0. The molecule has 3 aliphatic carbocycles. The van der Waals surface area contributed by atoms with Gasteiger partial charge in [-0.3, -0.25) is 4.79 Å². The van der Waals surface area contributed by atoms with E-state index in [9.17, 15) is 15.0 Å². The van der Waals surface area contributed by atoms with Gasteiger partial charge in [0.1, 0.15) is 11.9 Å². The van der Waals surface area contributed by atoms with E-state index in [4.69, 9.17) is 0 Å². The van der Waals surface area contributed by atoms with Gasteiger partial charge in [-0.25, -0.2) is 0 Å². The van der Waals surface area contributed by atoms with Crippen molar-refractivity contribution in [1.29, 1.82) is 0 Å². The van der Waals surface area contributed by atoms with Gasteiger partial charge in [0, 0.05) is 11.8 Å². The number of aryl methyl sites for hydroxylation is 1. The molecule has 2 N–H and O–H groups in total. The van der Waals surface area contributed by atoms with Crippen LogP contribution in [0.5, 0.6) is 5.75 Å². The van der Waals surface area contributed by atoms with Crippen LogP contribution in [0.1, 0.15) is 49.7 Å². The summed E-state index contributed by atoms with van der Waals surface area (Å²) in [5.74, 6) is 1.70. The number of phenols is 1. The number of aromatic hydroxyl groups is 1. The molecule has 0 heterocycles. The van der Waals surface area contributed by atoms with Crippen molar-refractivity contribution in [2.45, 2.75) is 51.0 Å². The Morgan fingerprint density at radius 3 is 2.90 bits per heavy atom. The zero-order chi connectivity index (χ0) is 14.8. The van der Waals surface area contributed by atoms with E-state index in [-0.39, 0.29) is 11.2 Å². The first-order chi connectivity index (χ1) is 10.0. The number of hydrogen-bond donors (Lipinski definition) is 2. The van der Waals surface area contributed by atoms with E-state index in [1.807, 2.05) is 6.07 Å². The first-order valence-electron chi connectivity index (χ1n) is 8.03. The van der Waals surface area contributed by atoms with Crippen LogP contribution in [-0.2, 0) is 11.2 Å². The van der Waals surface area contributed by atoms with Crippen molar-refractivity contribution in [2.75, 3.05) is 0 Å². The second kappa shape index (κ2) is 4.33. The van der Waals surface area contributed by atoms with Crippen molar-refractivity contribution >= 4 is 5.78 Å². The molecular weight excluding hydrogens is 264 g/mol. The zero-order valence-electron chi connectivity index (χ0n) is 12.4. The van der Waals surface area contributed by atoms with Crippen molar-refractivity contribution < 1.29 is 15.0 Å². The Labute approximate surface area is 125 Å². The summed E-state index contributed by atoms with van der Waals surface area (Å²) in [6.07, 6.45) is 3.80. The topological polar surface area (TPSA) is 57.5 Å². The van der Waals surface area contributed by atoms with Gasteiger partial charge in [-0.1, -0.05) is 13.0 Å². The zero-order valence-corrected chi connectivity index (χ0v) is 12.4. The smallest absolute Gasteiger partial charge is 0.162 e. The third-order valence-electron chi connectivity index (χ3n) is 6.50. The number of Topliss-reactive ketones (excluding diaryl/α,β-unsaturated/α-hetero) is 1. The Kier molecular flexibility index (Phi) is 2.74. The largest absolute Gasteiger partial charge is 0.508 e. The lowest BCUT2D eigenvalue weighted by molar-refractivity contribution is -0.128. The van der Waals surface area contributed by atoms with Crippen LogP contribution in [0, 0.1) is 17.3 Å². The number of phenolic OH excluding ortho intramolecular Hbond substituents is 1. The van der Waals surface area contributed by atoms with Gasteiger partial charge in [-0.2, -0.15) is 0 Å². The van der Waals surface area contributed by atoms with Crippen LogP contribution in [0.2, 0.25) is 0 Å². The molecule has 5 atom stereocenters. The van der Waals surface area contributed by atoms with Crippen molar-refractivity contribution in [3.05, 3.63) is 29.3 Å². The van der Waals surface area contributed by atoms with Gasteiger partial charge < -0.3 is 10.2 Å². The molecule has 0 aromatic heterocycles. The minimum Gasteiger partial charge on any atom is -0.508 e. The van der Waals surface area contributed by atoms with Crippen LogP contribution in [0.3, 0.4) is 0 Å². The van der Waals surface area contributed by atoms with E-state index >= 15 is 0 Å². The van der Waals surface area contributed by atoms with Gasteiger partial charge in [0.2, 0.25) is 0 Å². The lowest BCUT2D eigenvalue weighted by Crippen LogP contribution is -2.44. The van der Waals surface area contributed by atoms with Gasteiger partial charge in [-0.05, 0) is 66.7 Å². The molecule has 3 aliphatic rings. The maximum Gasteiger partial charge on any atom is 0.162 e. The van der Waals surface area contributed by atoms with E-state index in [0.29, 0.717) is 29.9 Å². The Hall–Kier alpha value is -1.35. The van der Waals surface area contributed by atoms with Crippen LogP contribution in [0.15, 0.2) is 18.2 Å². The molecule has 0 amide bonds. The van der Waals surface area contributed by atoms with Crippen molar-refractivity contribution in [3.8, 4) is 5.75 Å². The molecule has 3 heteroatoms. The molecular formula is C18H22O3. The minimum atomic E-state index is -0.760. The monoisotopic (exact) mass is 286 g/mol. The second-order valence-electron chi connectivity index (χ2n) is 7.42. The van der Waals surface area contributed by atoms with E-state index in [1.54, 1.807) is 6.07 Å². The molecule has 0 unspecified atom stereocenters. The van der Waals surface area contributed by atoms with E-state index < -0.39 is 6.10 Å². The minimum absolute atomic E-state index is 0.0413. The van der Waals surface area contributed by atoms with Crippen LogP contribution in [0.4, 0.5) is 0 Å². The standard InChI is InChI=1S/C18H22O3/c1-18-7-6-13-12-5-3-11(19)8-10(12)2-4-14(13)15(18)9-16(20)17(18)21/h3,5,8,13-15,17,19,21H,2,4,6-7,9H2,1H3/t13-,14+,15-,17+,18+/m1/s1. The predicted molar refractivity (Wildman–Crippen MR) is 79.1 cm³/mol. The fraction of sp³-hybridized carbons (Fsp3) is 0.611. The number of aliphatic hydroxyl groups excluding tert-OH is 1. The molecule has 0 bridgehead atoms. The van der Waals surface area contributed by atoms with E-state index in [1.165, 1.54) is 11.1 Å². The highest BCUT2D eigenvalue weighted by molar-refractivity contribution is 5.86. The highest BCUT2D eigenvalue weighted by Gasteiger charge is 2.57. The Bertz CT molecular complexity index is 608. The lowest BCUT2D eigenvalue weighted by atomic mass is 9.55. The molecule has 1 aromatic carbocycles. The van der Waals surface area contributed by atoms with E-state index in [2.05, 4.69) is 13.0 Å². The second-order valence-corrected chi connectivity index (χ2v) is 7.42. The van der Waals surface area contributed by atoms with Crippen LogP contribution >= 0.6 is 0 Å². The van der Waals surface area contributed by atoms with Gasteiger partial charge in [-0.15, -0.1) is 0 Å². The molecule has 2 saturated carbocycles. The van der Waals surface area contributed by atoms with Crippen LogP contribution in [0.25, 0.3) is 0 Å². The third-order valence-corrected chi connectivity index (χ3v) is 6.50. The molecule has 0 saturated heterocycles. The summed E-state index contributed by atoms with van der Waals surface area (Å²) in [5, 5.41) is 20.0. The predicted octanol–water partition coefficient (Wildman–Crippen LogP) is 2.79. The number of ketones is 1. The number of benzene rings is 1. The summed E-state index contributed by atoms with van der Waals surface area (Å²) in [4.78, 5) is 12.0. The number of rotatable bonds is 0. The highest BCUT2D eigenvalue weighted by Crippen LogP contribution is 2.60. The Morgan fingerprint density at radius 1 is 1.29 bits per heavy atom. The van der Waals surface area contributed by atoms with Crippen molar-refractivity contribution in [2.24, 2.45) is 17.3 Å². The molecule has 0 spiro atoms. The highest BCUT2D eigenvalue weighted by atomic mass is 16.3. The number of carbonyl (C=O) groups is 1. The van der Waals surface area contributed by atoms with Crippen molar-refractivity contribution in [1.82, 2.24) is 0 Å². The van der Waals surface area contributed by atoms with Crippen LogP contribution < -0.4 is 0 Å². The molecule has 1 aromatic rings. The average Bonchev–Trinajstić information content (AvgIpc) is 2.70. The van der Waals surface area contributed by atoms with Gasteiger partial charge in [0.05, 0.1) is 0 Å². The normalized spacial score (nSPS) is 41.3. The van der Waals surface area contributed by atoms with Crippen LogP contribution in [-0.4, -0.2) is 22.1 Å². The van der Waals surface area contributed by atoms with Gasteiger partial charge in [0.25, 0.3) is 0 Å². The number of aliphatic hydroxyl groups is 1. The van der Waals surface area contributed by atoms with Gasteiger partial charge in [0.15, 0.2) is 5.78 Å². The molecule has 0 aliphatic heterocycles. The summed E-state index contributed by atoms with van der Waals surface area (Å²) in [6.45, 7) is 2.11. The fourth-order valence-electron chi connectivity index (χ4n) is 5.34. The number of carbonyl (C=O) groups excluding carboxylic acids is 1. The number of fused-ring (bicyclic) bond motifs is 5. The lowest BCUT2D eigenvalue weighted by Gasteiger charge is -2.49. The first-order valence-corrected chi connectivity index (χ1v) is 8.03. The first kappa shape index (κ1) is 13.3. The average molecular weight is 286 g/mol. The summed E-state index contributed by atoms with van der Waals surface area (Å²) in [5.41, 5.74) is 2.41. The van der Waals surface area contributed by atoms with Crippen molar-refractivity contribution in [3.63, 3.8) is 0 Å². The summed E-state index contributed by atoms with van der Waals surface area (Å²) in [6, 6.07) is 5.75. The molecule has 0 radical (unpaired) electrons. The quantitative estimate of drug-likeness (QED) is 0.771. The molecule has 4 rings (SSSR count). The molecule has 2 fully saturated rings. The summed E-state index contributed by atoms with van der Waals surface area (Å²) < 4.78 is 0. The fourth-order valence-corrected chi connectivity index (χ4v) is 5.34. The third kappa shape index (κ3) is 1.73. The van der Waals surface area contributed by atoms with E-state index in [0.717, 1.165) is 25.7 Å².